The summed E-state index contributed by atoms with van der Waals surface area (Å²) < 4.78 is 7.16. The van der Waals surface area contributed by atoms with Gasteiger partial charge in [-0.3, -0.25) is 14.4 Å². The molecule has 4 rings (SSSR count). The molecule has 0 saturated heterocycles. The van der Waals surface area contributed by atoms with Crippen molar-refractivity contribution in [2.45, 2.75) is 13.8 Å². The molecule has 3 aromatic heterocycles. The van der Waals surface area contributed by atoms with Gasteiger partial charge in [0.25, 0.3) is 5.56 Å². The number of nitrogens with zero attached hydrogens (tertiary/aromatic N) is 4. The summed E-state index contributed by atoms with van der Waals surface area (Å²) in [5.74, 6) is 1.19. The van der Waals surface area contributed by atoms with Crippen LogP contribution in [0.3, 0.4) is 0 Å². The van der Waals surface area contributed by atoms with E-state index in [0.717, 1.165) is 28.9 Å². The summed E-state index contributed by atoms with van der Waals surface area (Å²) in [6.07, 6.45) is 3.34. The summed E-state index contributed by atoms with van der Waals surface area (Å²) in [5.41, 5.74) is 9.58. The summed E-state index contributed by atoms with van der Waals surface area (Å²) in [5, 5.41) is 3.96. The summed E-state index contributed by atoms with van der Waals surface area (Å²) in [6.45, 7) is 5.13. The maximum Gasteiger partial charge on any atom is 0.264 e. The number of anilines is 2. The van der Waals surface area contributed by atoms with Crippen molar-refractivity contribution in [1.82, 2.24) is 14.5 Å². The highest BCUT2D eigenvalue weighted by Crippen LogP contribution is 2.26. The lowest BCUT2D eigenvalue weighted by Crippen LogP contribution is -2.22. The van der Waals surface area contributed by atoms with Crippen LogP contribution in [0.1, 0.15) is 19.4 Å². The first-order valence-corrected chi connectivity index (χ1v) is 10.8. The van der Waals surface area contributed by atoms with Gasteiger partial charge in [-0.2, -0.15) is 4.98 Å². The second-order valence-corrected chi connectivity index (χ2v) is 7.36. The molecule has 4 aromatic rings. The monoisotopic (exact) mass is 442 g/mol. The van der Waals surface area contributed by atoms with Gasteiger partial charge in [0, 0.05) is 48.1 Å². The van der Waals surface area contributed by atoms with Crippen molar-refractivity contribution in [3.05, 3.63) is 70.6 Å². The second-order valence-electron chi connectivity index (χ2n) is 7.36. The number of rotatable bonds is 7. The van der Waals surface area contributed by atoms with E-state index >= 15 is 0 Å². The van der Waals surface area contributed by atoms with Gasteiger partial charge in [-0.25, -0.2) is 4.98 Å². The Morgan fingerprint density at radius 3 is 2.70 bits per heavy atom. The number of aliphatic imine (C=N–C) groups is 1. The molecule has 0 aliphatic heterocycles. The van der Waals surface area contributed by atoms with E-state index in [2.05, 4.69) is 20.3 Å². The van der Waals surface area contributed by atoms with Gasteiger partial charge in [0.2, 0.25) is 5.88 Å². The average molecular weight is 443 g/mol. The number of benzene rings is 1. The van der Waals surface area contributed by atoms with E-state index in [1.54, 1.807) is 36.2 Å². The zero-order valence-electron chi connectivity index (χ0n) is 18.9. The quantitative estimate of drug-likeness (QED) is 0.332. The standard InChI is InChI=1S/C25H26N6O2/c1-4-28-22-10-8-19(15-29-22)31-24-17(7-11-23(30-24)33-5-2)13-20(25(31)32)16-6-9-21(26)18(12-16)14-27-3/h6-15H,4-5,26H2,1-3H3,(H,28,29). The van der Waals surface area contributed by atoms with E-state index in [-0.39, 0.29) is 5.56 Å². The minimum Gasteiger partial charge on any atom is -0.478 e. The van der Waals surface area contributed by atoms with Gasteiger partial charge in [0.1, 0.15) is 5.82 Å². The van der Waals surface area contributed by atoms with E-state index < -0.39 is 0 Å². The molecule has 33 heavy (non-hydrogen) atoms. The molecule has 8 nitrogen and oxygen atoms in total. The molecule has 0 aliphatic carbocycles. The number of hydrogen-bond donors (Lipinski definition) is 2. The molecule has 168 valence electrons. The Kier molecular flexibility index (Phi) is 6.35. The summed E-state index contributed by atoms with van der Waals surface area (Å²) >= 11 is 0. The molecule has 3 heterocycles. The predicted molar refractivity (Wildman–Crippen MR) is 134 cm³/mol. The van der Waals surface area contributed by atoms with E-state index in [1.807, 2.05) is 50.2 Å². The number of hydrogen-bond acceptors (Lipinski definition) is 7. The van der Waals surface area contributed by atoms with Crippen molar-refractivity contribution in [2.24, 2.45) is 4.99 Å². The molecule has 0 spiro atoms. The minimum atomic E-state index is -0.217. The molecule has 0 radical (unpaired) electrons. The molecule has 8 heteroatoms. The van der Waals surface area contributed by atoms with Crippen LogP contribution < -0.4 is 21.3 Å². The van der Waals surface area contributed by atoms with Crippen molar-refractivity contribution in [3.8, 4) is 22.7 Å². The smallest absolute Gasteiger partial charge is 0.264 e. The van der Waals surface area contributed by atoms with Gasteiger partial charge >= 0.3 is 0 Å². The normalized spacial score (nSPS) is 11.2. The lowest BCUT2D eigenvalue weighted by atomic mass is 10.0. The van der Waals surface area contributed by atoms with Crippen LogP contribution in [0.25, 0.3) is 27.8 Å². The molecule has 3 N–H and O–H groups in total. The lowest BCUT2D eigenvalue weighted by molar-refractivity contribution is 0.328. The highest BCUT2D eigenvalue weighted by atomic mass is 16.5. The maximum absolute atomic E-state index is 13.8. The molecule has 0 fully saturated rings. The number of nitrogens with two attached hydrogens (primary N) is 1. The number of nitrogen functional groups attached to an aromatic ring is 1. The summed E-state index contributed by atoms with van der Waals surface area (Å²) in [7, 11) is 1.68. The SMILES string of the molecule is CCNc1ccc(-n2c(=O)c(-c3ccc(N)c(C=NC)c3)cc3ccc(OCC)nc32)cn1. The van der Waals surface area contributed by atoms with Crippen molar-refractivity contribution in [3.63, 3.8) is 0 Å². The van der Waals surface area contributed by atoms with Crippen LogP contribution in [0.4, 0.5) is 11.5 Å². The molecular formula is C25H26N6O2. The number of fused-ring (bicyclic) bond motifs is 1. The number of nitrogens with one attached hydrogen (secondary N) is 1. The molecule has 1 aromatic carbocycles. The maximum atomic E-state index is 13.8. The molecule has 0 amide bonds. The van der Waals surface area contributed by atoms with E-state index in [9.17, 15) is 4.79 Å². The van der Waals surface area contributed by atoms with Gasteiger partial charge < -0.3 is 15.8 Å². The molecule has 0 saturated carbocycles. The van der Waals surface area contributed by atoms with E-state index in [0.29, 0.717) is 35.1 Å². The van der Waals surface area contributed by atoms with Crippen LogP contribution in [0.5, 0.6) is 5.88 Å². The van der Waals surface area contributed by atoms with Gasteiger partial charge in [0.05, 0.1) is 18.5 Å². The van der Waals surface area contributed by atoms with Crippen LogP contribution in [-0.4, -0.2) is 40.9 Å². The Hall–Kier alpha value is -4.20. The van der Waals surface area contributed by atoms with Crippen LogP contribution in [-0.2, 0) is 0 Å². The highest BCUT2D eigenvalue weighted by Gasteiger charge is 2.16. The van der Waals surface area contributed by atoms with Crippen LogP contribution in [0.15, 0.2) is 64.5 Å². The first-order valence-electron chi connectivity index (χ1n) is 10.8. The highest BCUT2D eigenvalue weighted by molar-refractivity contribution is 5.90. The minimum absolute atomic E-state index is 0.217. The molecule has 0 bridgehead atoms. The number of ether oxygens (including phenoxy) is 1. The van der Waals surface area contributed by atoms with Crippen LogP contribution in [0.2, 0.25) is 0 Å². The van der Waals surface area contributed by atoms with Gasteiger partial charge in [-0.15, -0.1) is 0 Å². The Bertz CT molecular complexity index is 1380. The number of aromatic nitrogens is 3. The van der Waals surface area contributed by atoms with Crippen molar-refractivity contribution in [2.75, 3.05) is 31.2 Å². The van der Waals surface area contributed by atoms with Crippen molar-refractivity contribution in [1.29, 1.82) is 0 Å². The summed E-state index contributed by atoms with van der Waals surface area (Å²) in [6, 6.07) is 14.7. The third kappa shape index (κ3) is 4.41. The van der Waals surface area contributed by atoms with E-state index in [4.69, 9.17) is 10.5 Å². The number of pyridine rings is 3. The van der Waals surface area contributed by atoms with E-state index in [1.165, 1.54) is 0 Å². The largest absolute Gasteiger partial charge is 0.478 e. The molecule has 0 aliphatic rings. The molecule has 0 atom stereocenters. The fraction of sp³-hybridized carbons (Fsp3) is 0.200. The lowest BCUT2D eigenvalue weighted by Gasteiger charge is -2.14. The summed E-state index contributed by atoms with van der Waals surface area (Å²) in [4.78, 5) is 26.9. The molecule has 0 unspecified atom stereocenters. The van der Waals surface area contributed by atoms with Crippen molar-refractivity contribution < 1.29 is 4.74 Å². The van der Waals surface area contributed by atoms with Gasteiger partial charge in [-0.05, 0) is 55.8 Å². The Balaban J connectivity index is 1.99. The Labute approximate surface area is 191 Å². The van der Waals surface area contributed by atoms with Crippen molar-refractivity contribution >= 4 is 28.8 Å². The third-order valence-corrected chi connectivity index (χ3v) is 5.15. The van der Waals surface area contributed by atoms with Crippen LogP contribution in [0, 0.1) is 0 Å². The first-order chi connectivity index (χ1) is 16.0. The average Bonchev–Trinajstić information content (AvgIpc) is 2.82. The van der Waals surface area contributed by atoms with Gasteiger partial charge in [0.15, 0.2) is 5.65 Å². The molecular weight excluding hydrogens is 416 g/mol. The predicted octanol–water partition coefficient (Wildman–Crippen LogP) is 3.91. The third-order valence-electron chi connectivity index (χ3n) is 5.15. The topological polar surface area (TPSA) is 107 Å². The zero-order valence-corrected chi connectivity index (χ0v) is 18.9. The second kappa shape index (κ2) is 9.52. The first kappa shape index (κ1) is 22.0. The zero-order chi connectivity index (χ0) is 23.4. The van der Waals surface area contributed by atoms with Gasteiger partial charge in [-0.1, -0.05) is 6.07 Å². The van der Waals surface area contributed by atoms with Crippen LogP contribution >= 0.6 is 0 Å². The Morgan fingerprint density at radius 2 is 2.00 bits per heavy atom. The fourth-order valence-electron chi connectivity index (χ4n) is 3.64. The Morgan fingerprint density at radius 1 is 1.15 bits per heavy atom. The fourth-order valence-corrected chi connectivity index (χ4v) is 3.64.